The number of furan rings is 1. The molecule has 2 atom stereocenters. The maximum atomic E-state index is 14.3. The Bertz CT molecular complexity index is 1990. The molecule has 3 N–H and O–H groups in total. The van der Waals surface area contributed by atoms with Crippen LogP contribution in [0.2, 0.25) is 0 Å². The SMILES string of the molecule is CC(C(Cc1ccc(C(=O)Nc2ccccc2)o1)c1ccc2c(c1)OCO2)N(C/C=C/c1ccccc1)C(=O)C(O)=C(CC(=O)O)C(=O)OC(C)(C)C. The number of rotatable bonds is 14. The number of nitrogens with one attached hydrogen (secondary N) is 1. The van der Waals surface area contributed by atoms with Crippen LogP contribution in [0.4, 0.5) is 5.69 Å². The van der Waals surface area contributed by atoms with Crippen LogP contribution in [-0.4, -0.2) is 63.8 Å². The molecule has 2 amide bonds. The Kier molecular flexibility index (Phi) is 12.0. The normalized spacial score (nSPS) is 13.9. The zero-order valence-electron chi connectivity index (χ0n) is 29.9. The summed E-state index contributed by atoms with van der Waals surface area (Å²) in [5.74, 6) is -4.00. The van der Waals surface area contributed by atoms with Gasteiger partial charge in [0, 0.05) is 30.6 Å². The predicted molar refractivity (Wildman–Crippen MR) is 197 cm³/mol. The van der Waals surface area contributed by atoms with Crippen molar-refractivity contribution in [2.75, 3.05) is 18.7 Å². The molecule has 0 spiro atoms. The summed E-state index contributed by atoms with van der Waals surface area (Å²) >= 11 is 0. The number of esters is 1. The summed E-state index contributed by atoms with van der Waals surface area (Å²) in [7, 11) is 0. The van der Waals surface area contributed by atoms with E-state index in [-0.39, 0.29) is 25.5 Å². The molecule has 12 heteroatoms. The summed E-state index contributed by atoms with van der Waals surface area (Å²) in [6, 6.07) is 26.2. The van der Waals surface area contributed by atoms with E-state index in [4.69, 9.17) is 18.6 Å². The van der Waals surface area contributed by atoms with Crippen LogP contribution in [0.5, 0.6) is 11.5 Å². The fraction of sp³-hybridized carbons (Fsp3) is 0.268. The molecular weight excluding hydrogens is 680 g/mol. The molecular formula is C41H42N2O10. The number of aliphatic hydroxyl groups excluding tert-OH is 1. The second-order valence-corrected chi connectivity index (χ2v) is 13.4. The van der Waals surface area contributed by atoms with Crippen LogP contribution in [0.15, 0.2) is 113 Å². The second-order valence-electron chi connectivity index (χ2n) is 13.4. The highest BCUT2D eigenvalue weighted by Crippen LogP contribution is 2.38. The zero-order valence-corrected chi connectivity index (χ0v) is 29.9. The zero-order chi connectivity index (χ0) is 38.1. The van der Waals surface area contributed by atoms with Gasteiger partial charge in [-0.05, 0) is 75.2 Å². The van der Waals surface area contributed by atoms with E-state index in [1.165, 1.54) is 4.90 Å². The van der Waals surface area contributed by atoms with Gasteiger partial charge in [-0.3, -0.25) is 14.4 Å². The van der Waals surface area contributed by atoms with Crippen molar-refractivity contribution in [2.45, 2.75) is 58.1 Å². The van der Waals surface area contributed by atoms with E-state index in [0.717, 1.165) is 11.1 Å². The quantitative estimate of drug-likeness (QED) is 0.0692. The largest absolute Gasteiger partial charge is 0.503 e. The van der Waals surface area contributed by atoms with Gasteiger partial charge in [-0.1, -0.05) is 66.7 Å². The van der Waals surface area contributed by atoms with E-state index < -0.39 is 59.1 Å². The van der Waals surface area contributed by atoms with E-state index in [2.05, 4.69) is 5.32 Å². The van der Waals surface area contributed by atoms with Gasteiger partial charge < -0.3 is 39.1 Å². The average molecular weight is 723 g/mol. The van der Waals surface area contributed by atoms with E-state index in [0.29, 0.717) is 22.9 Å². The summed E-state index contributed by atoms with van der Waals surface area (Å²) in [5.41, 5.74) is 0.472. The topological polar surface area (TPSA) is 165 Å². The maximum Gasteiger partial charge on any atom is 0.339 e. The number of para-hydroxylation sites is 1. The number of aliphatic carboxylic acids is 1. The summed E-state index contributed by atoms with van der Waals surface area (Å²) < 4.78 is 22.6. The van der Waals surface area contributed by atoms with Crippen molar-refractivity contribution in [1.82, 2.24) is 4.90 Å². The monoisotopic (exact) mass is 722 g/mol. The number of carbonyl (C=O) groups is 4. The number of amides is 2. The van der Waals surface area contributed by atoms with Crippen molar-refractivity contribution in [1.29, 1.82) is 0 Å². The minimum absolute atomic E-state index is 0.0433. The van der Waals surface area contributed by atoms with Crippen molar-refractivity contribution < 1.29 is 48.0 Å². The van der Waals surface area contributed by atoms with E-state index in [9.17, 15) is 29.4 Å². The highest BCUT2D eigenvalue weighted by molar-refractivity contribution is 6.04. The van der Waals surface area contributed by atoms with Crippen LogP contribution in [0, 0.1) is 0 Å². The molecule has 0 saturated heterocycles. The third kappa shape index (κ3) is 10.2. The van der Waals surface area contributed by atoms with E-state index >= 15 is 0 Å². The number of anilines is 1. The molecule has 1 aliphatic rings. The average Bonchev–Trinajstić information content (AvgIpc) is 3.80. The highest BCUT2D eigenvalue weighted by Gasteiger charge is 2.35. The number of carboxylic acid groups (broad SMARTS) is 1. The number of carboxylic acids is 1. The number of ether oxygens (including phenoxy) is 3. The molecule has 2 unspecified atom stereocenters. The Labute approximate surface area is 307 Å². The summed E-state index contributed by atoms with van der Waals surface area (Å²) in [4.78, 5) is 53.7. The lowest BCUT2D eigenvalue weighted by molar-refractivity contribution is -0.152. The van der Waals surface area contributed by atoms with Crippen LogP contribution >= 0.6 is 0 Å². The Balaban J connectivity index is 1.53. The molecule has 1 aliphatic heterocycles. The first-order valence-corrected chi connectivity index (χ1v) is 17.0. The lowest BCUT2D eigenvalue weighted by atomic mass is 9.87. The third-order valence-electron chi connectivity index (χ3n) is 8.37. The lowest BCUT2D eigenvalue weighted by Gasteiger charge is -2.34. The van der Waals surface area contributed by atoms with Crippen molar-refractivity contribution in [3.8, 4) is 11.5 Å². The first-order valence-electron chi connectivity index (χ1n) is 17.0. The summed E-state index contributed by atoms with van der Waals surface area (Å²) in [6.45, 7) is 6.54. The van der Waals surface area contributed by atoms with Crippen LogP contribution in [0.1, 0.15) is 67.5 Å². The van der Waals surface area contributed by atoms with Gasteiger partial charge in [0.1, 0.15) is 11.4 Å². The molecule has 0 fully saturated rings. The molecule has 1 aromatic heterocycles. The van der Waals surface area contributed by atoms with Crippen molar-refractivity contribution in [3.63, 3.8) is 0 Å². The number of carbonyl (C=O) groups excluding carboxylic acids is 3. The van der Waals surface area contributed by atoms with Crippen LogP contribution in [-0.2, 0) is 25.5 Å². The minimum Gasteiger partial charge on any atom is -0.503 e. The van der Waals surface area contributed by atoms with Gasteiger partial charge in [0.25, 0.3) is 11.8 Å². The molecule has 5 rings (SSSR count). The van der Waals surface area contributed by atoms with Gasteiger partial charge >= 0.3 is 11.9 Å². The van der Waals surface area contributed by atoms with E-state index in [1.54, 1.807) is 88.4 Å². The van der Waals surface area contributed by atoms with Crippen LogP contribution in [0.25, 0.3) is 6.08 Å². The number of fused-ring (bicyclic) bond motifs is 1. The second kappa shape index (κ2) is 16.8. The number of hydrogen-bond donors (Lipinski definition) is 3. The molecule has 12 nitrogen and oxygen atoms in total. The smallest absolute Gasteiger partial charge is 0.339 e. The molecule has 4 aromatic rings. The number of hydrogen-bond acceptors (Lipinski definition) is 9. The minimum atomic E-state index is -1.43. The van der Waals surface area contributed by atoms with Gasteiger partial charge in [0.15, 0.2) is 23.0 Å². The predicted octanol–water partition coefficient (Wildman–Crippen LogP) is 7.15. The standard InChI is InChI=1S/C41H42N2O10/c1-26(43(21-11-14-27-12-7-5-8-13-27)39(48)37(46)32(24-36(44)45)40(49)53-41(2,3)4)31(28-17-19-33-35(22-28)51-25-50-33)23-30-18-20-34(52-30)38(47)42-29-15-9-6-10-16-29/h5-20,22,26,31,46H,21,23-25H2,1-4H3,(H,42,47)(H,44,45)/b14-11+,37-32?. The van der Waals surface area contributed by atoms with Gasteiger partial charge in [-0.2, -0.15) is 0 Å². The molecule has 2 heterocycles. The van der Waals surface area contributed by atoms with E-state index in [1.807, 2.05) is 42.5 Å². The highest BCUT2D eigenvalue weighted by atomic mass is 16.7. The fourth-order valence-corrected chi connectivity index (χ4v) is 5.78. The molecule has 276 valence electrons. The van der Waals surface area contributed by atoms with Gasteiger partial charge in [-0.15, -0.1) is 0 Å². The number of aliphatic hydroxyl groups is 1. The Morgan fingerprint density at radius 3 is 2.26 bits per heavy atom. The maximum absolute atomic E-state index is 14.3. The van der Waals surface area contributed by atoms with Crippen LogP contribution in [0.3, 0.4) is 0 Å². The van der Waals surface area contributed by atoms with Crippen LogP contribution < -0.4 is 14.8 Å². The molecule has 0 saturated carbocycles. The third-order valence-corrected chi connectivity index (χ3v) is 8.37. The Hall–Kier alpha value is -6.30. The number of nitrogens with zero attached hydrogens (tertiary/aromatic N) is 1. The lowest BCUT2D eigenvalue weighted by Crippen LogP contribution is -2.44. The molecule has 0 aliphatic carbocycles. The Morgan fingerprint density at radius 2 is 1.58 bits per heavy atom. The van der Waals surface area contributed by atoms with Crippen molar-refractivity contribution >= 4 is 35.5 Å². The molecule has 0 bridgehead atoms. The fourth-order valence-electron chi connectivity index (χ4n) is 5.78. The Morgan fingerprint density at radius 1 is 0.906 bits per heavy atom. The number of benzene rings is 3. The van der Waals surface area contributed by atoms with Gasteiger partial charge in [0.2, 0.25) is 6.79 Å². The molecule has 53 heavy (non-hydrogen) atoms. The summed E-state index contributed by atoms with van der Waals surface area (Å²) in [6.07, 6.45) is 2.78. The first-order chi connectivity index (χ1) is 25.3. The van der Waals surface area contributed by atoms with Gasteiger partial charge in [-0.25, -0.2) is 4.79 Å². The first kappa shape index (κ1) is 37.9. The van der Waals surface area contributed by atoms with Gasteiger partial charge in [0.05, 0.1) is 12.0 Å². The molecule has 3 aromatic carbocycles. The summed E-state index contributed by atoms with van der Waals surface area (Å²) in [5, 5.41) is 23.8. The van der Waals surface area contributed by atoms with Crippen molar-refractivity contribution in [3.05, 3.63) is 131 Å². The molecule has 0 radical (unpaired) electrons. The van der Waals surface area contributed by atoms with Crippen molar-refractivity contribution in [2.24, 2.45) is 0 Å².